The van der Waals surface area contributed by atoms with Gasteiger partial charge in [0.15, 0.2) is 0 Å². The Balaban J connectivity index is 1.68. The molecule has 23 heavy (non-hydrogen) atoms. The van der Waals surface area contributed by atoms with Crippen LogP contribution in [0.3, 0.4) is 0 Å². The molecule has 3 heterocycles. The van der Waals surface area contributed by atoms with Gasteiger partial charge in [-0.1, -0.05) is 35.9 Å². The predicted octanol–water partition coefficient (Wildman–Crippen LogP) is 4.39. The average molecular weight is 346 g/mol. The number of thiophene rings is 1. The summed E-state index contributed by atoms with van der Waals surface area (Å²) < 4.78 is 6.55. The van der Waals surface area contributed by atoms with Crippen LogP contribution >= 0.6 is 22.9 Å². The third kappa shape index (κ3) is 3.04. The van der Waals surface area contributed by atoms with E-state index >= 15 is 0 Å². The lowest BCUT2D eigenvalue weighted by Gasteiger charge is -2.34. The van der Waals surface area contributed by atoms with Crippen molar-refractivity contribution in [2.45, 2.75) is 32.5 Å². The minimum absolute atomic E-state index is 0.104. The molecular weight excluding hydrogens is 330 g/mol. The van der Waals surface area contributed by atoms with E-state index in [1.165, 1.54) is 16.0 Å². The molecule has 1 atom stereocenters. The first-order chi connectivity index (χ1) is 11.2. The number of hydrogen-bond acceptors (Lipinski definition) is 5. The molecule has 0 saturated carbocycles. The number of hydrogen-bond donors (Lipinski definition) is 0. The van der Waals surface area contributed by atoms with Gasteiger partial charge in [0.05, 0.1) is 10.4 Å². The molecule has 1 aliphatic rings. The molecule has 0 N–H and O–H groups in total. The second-order valence-corrected chi connectivity index (χ2v) is 7.56. The lowest BCUT2D eigenvalue weighted by atomic mass is 9.94. The van der Waals surface area contributed by atoms with E-state index in [0.717, 1.165) is 23.8 Å². The van der Waals surface area contributed by atoms with Crippen molar-refractivity contribution in [3.8, 4) is 0 Å². The van der Waals surface area contributed by atoms with Gasteiger partial charge in [-0.05, 0) is 29.7 Å². The first-order valence-corrected chi connectivity index (χ1v) is 8.73. The van der Waals surface area contributed by atoms with Crippen LogP contribution in [0, 0.1) is 6.92 Å². The summed E-state index contributed by atoms with van der Waals surface area (Å²) in [5, 5.41) is 8.26. The molecule has 0 unspecified atom stereocenters. The summed E-state index contributed by atoms with van der Waals surface area (Å²) >= 11 is 7.70. The van der Waals surface area contributed by atoms with Gasteiger partial charge in [0.1, 0.15) is 0 Å². The number of rotatable bonds is 3. The van der Waals surface area contributed by atoms with E-state index in [9.17, 15) is 0 Å². The van der Waals surface area contributed by atoms with Gasteiger partial charge < -0.3 is 4.42 Å². The predicted molar refractivity (Wildman–Crippen MR) is 90.5 cm³/mol. The fourth-order valence-electron chi connectivity index (χ4n) is 3.07. The van der Waals surface area contributed by atoms with E-state index < -0.39 is 0 Å². The van der Waals surface area contributed by atoms with Crippen molar-refractivity contribution >= 4 is 22.9 Å². The maximum Gasteiger partial charge on any atom is 0.233 e. The second-order valence-electron chi connectivity index (χ2n) is 5.76. The van der Waals surface area contributed by atoms with E-state index in [2.05, 4.69) is 45.4 Å². The highest BCUT2D eigenvalue weighted by molar-refractivity contribution is 7.16. The van der Waals surface area contributed by atoms with Crippen LogP contribution in [-0.4, -0.2) is 15.1 Å². The fourth-order valence-corrected chi connectivity index (χ4v) is 4.18. The minimum Gasteiger partial charge on any atom is -0.424 e. The fraction of sp³-hybridized carbons (Fsp3) is 0.294. The summed E-state index contributed by atoms with van der Waals surface area (Å²) in [7, 11) is 0. The van der Waals surface area contributed by atoms with Crippen LogP contribution in [0.5, 0.6) is 0 Å². The van der Waals surface area contributed by atoms with Crippen LogP contribution in [0.15, 0.2) is 40.8 Å². The molecule has 3 aromatic rings. The highest BCUT2D eigenvalue weighted by Gasteiger charge is 2.31. The topological polar surface area (TPSA) is 42.2 Å². The molecular formula is C17H16ClN3OS. The summed E-state index contributed by atoms with van der Waals surface area (Å²) in [6.45, 7) is 3.53. The average Bonchev–Trinajstić information content (AvgIpc) is 3.15. The van der Waals surface area contributed by atoms with E-state index in [0.29, 0.717) is 11.8 Å². The minimum atomic E-state index is 0.104. The highest BCUT2D eigenvalue weighted by Crippen LogP contribution is 2.35. The summed E-state index contributed by atoms with van der Waals surface area (Å²) in [6.07, 6.45) is 0.886. The van der Waals surface area contributed by atoms with Crippen molar-refractivity contribution in [1.29, 1.82) is 0 Å². The summed E-state index contributed by atoms with van der Waals surface area (Å²) in [4.78, 5) is 3.63. The van der Waals surface area contributed by atoms with Crippen LogP contribution in [-0.2, 0) is 19.5 Å². The quantitative estimate of drug-likeness (QED) is 0.706. The third-order valence-corrected chi connectivity index (χ3v) is 5.38. The number of fused-ring (bicyclic) bond motifs is 1. The Morgan fingerprint density at radius 2 is 2.04 bits per heavy atom. The van der Waals surface area contributed by atoms with Gasteiger partial charge in [-0.3, -0.25) is 4.90 Å². The Morgan fingerprint density at radius 1 is 1.22 bits per heavy atom. The van der Waals surface area contributed by atoms with Gasteiger partial charge >= 0.3 is 0 Å². The lowest BCUT2D eigenvalue weighted by molar-refractivity contribution is 0.138. The molecule has 0 radical (unpaired) electrons. The van der Waals surface area contributed by atoms with Crippen molar-refractivity contribution in [3.63, 3.8) is 0 Å². The second kappa shape index (κ2) is 6.07. The molecule has 6 heteroatoms. The van der Waals surface area contributed by atoms with Crippen molar-refractivity contribution in [3.05, 3.63) is 68.5 Å². The van der Waals surface area contributed by atoms with Crippen molar-refractivity contribution in [1.82, 2.24) is 15.1 Å². The van der Waals surface area contributed by atoms with Crippen molar-refractivity contribution in [2.75, 3.05) is 0 Å². The monoisotopic (exact) mass is 345 g/mol. The molecule has 0 amide bonds. The van der Waals surface area contributed by atoms with Crippen LogP contribution in [0.4, 0.5) is 0 Å². The Hall–Kier alpha value is -1.69. The van der Waals surface area contributed by atoms with Gasteiger partial charge in [0.25, 0.3) is 0 Å². The Kier molecular flexibility index (Phi) is 3.93. The first-order valence-electron chi connectivity index (χ1n) is 7.54. The van der Waals surface area contributed by atoms with Crippen LogP contribution in [0.2, 0.25) is 4.34 Å². The molecule has 2 aromatic heterocycles. The molecule has 0 fully saturated rings. The normalized spacial score (nSPS) is 18.1. The summed E-state index contributed by atoms with van der Waals surface area (Å²) in [5.41, 5.74) is 2.72. The summed E-state index contributed by atoms with van der Waals surface area (Å²) in [6, 6.07) is 12.7. The standard InChI is InChI=1S/C17H16ClN3OS/c1-11-19-20-17(22-11)15-8-12-4-2-3-5-13(12)9-21(15)10-14-6-7-16(18)23-14/h2-7,15H,8-10H2,1H3/t15-/m1/s1. The molecule has 1 aliphatic heterocycles. The molecule has 1 aromatic carbocycles. The van der Waals surface area contributed by atoms with E-state index in [1.54, 1.807) is 11.3 Å². The zero-order valence-electron chi connectivity index (χ0n) is 12.7. The molecule has 0 saturated heterocycles. The molecule has 0 bridgehead atoms. The largest absolute Gasteiger partial charge is 0.424 e. The maximum atomic E-state index is 6.08. The smallest absolute Gasteiger partial charge is 0.233 e. The highest BCUT2D eigenvalue weighted by atomic mass is 35.5. The zero-order chi connectivity index (χ0) is 15.8. The Labute approximate surface area is 143 Å². The molecule has 4 nitrogen and oxygen atoms in total. The van der Waals surface area contributed by atoms with Gasteiger partial charge in [-0.25, -0.2) is 0 Å². The van der Waals surface area contributed by atoms with Gasteiger partial charge in [0.2, 0.25) is 11.8 Å². The van der Waals surface area contributed by atoms with E-state index in [-0.39, 0.29) is 6.04 Å². The number of nitrogens with zero attached hydrogens (tertiary/aromatic N) is 3. The van der Waals surface area contributed by atoms with Crippen LogP contribution < -0.4 is 0 Å². The van der Waals surface area contributed by atoms with Gasteiger partial charge in [-0.15, -0.1) is 21.5 Å². The maximum absolute atomic E-state index is 6.08. The zero-order valence-corrected chi connectivity index (χ0v) is 14.3. The number of halogens is 1. The van der Waals surface area contributed by atoms with Crippen LogP contribution in [0.1, 0.15) is 33.8 Å². The van der Waals surface area contributed by atoms with Crippen LogP contribution in [0.25, 0.3) is 0 Å². The number of aromatic nitrogens is 2. The summed E-state index contributed by atoms with van der Waals surface area (Å²) in [5.74, 6) is 1.30. The van der Waals surface area contributed by atoms with Gasteiger partial charge in [-0.2, -0.15) is 0 Å². The molecule has 4 rings (SSSR count). The number of aryl methyl sites for hydroxylation is 1. The van der Waals surface area contributed by atoms with E-state index in [4.69, 9.17) is 16.0 Å². The van der Waals surface area contributed by atoms with Crippen molar-refractivity contribution in [2.24, 2.45) is 0 Å². The Bertz CT molecular complexity index is 829. The molecule has 118 valence electrons. The Morgan fingerprint density at radius 3 is 2.74 bits per heavy atom. The molecule has 0 aliphatic carbocycles. The van der Waals surface area contributed by atoms with Crippen molar-refractivity contribution < 1.29 is 4.42 Å². The third-order valence-electron chi connectivity index (χ3n) is 4.16. The molecule has 0 spiro atoms. The first kappa shape index (κ1) is 14.9. The SMILES string of the molecule is Cc1nnc([C@H]2Cc3ccccc3CN2Cc2ccc(Cl)s2)o1. The number of benzene rings is 1. The van der Waals surface area contributed by atoms with E-state index in [1.807, 2.05) is 13.0 Å². The lowest BCUT2D eigenvalue weighted by Crippen LogP contribution is -2.33. The van der Waals surface area contributed by atoms with Gasteiger partial charge in [0, 0.05) is 24.9 Å².